The third kappa shape index (κ3) is 3.97. The summed E-state index contributed by atoms with van der Waals surface area (Å²) in [6.07, 6.45) is 2.29. The molecule has 0 radical (unpaired) electrons. The summed E-state index contributed by atoms with van der Waals surface area (Å²) in [4.78, 5) is 0. The maximum absolute atomic E-state index is 5.43. The summed E-state index contributed by atoms with van der Waals surface area (Å²) in [6.45, 7) is 9.16. The van der Waals surface area contributed by atoms with Crippen molar-refractivity contribution in [1.82, 2.24) is 15.1 Å². The van der Waals surface area contributed by atoms with Gasteiger partial charge in [-0.15, -0.1) is 11.8 Å². The monoisotopic (exact) mass is 283 g/mol. The molecule has 1 aromatic heterocycles. The number of ether oxygens (including phenoxy) is 1. The summed E-state index contributed by atoms with van der Waals surface area (Å²) in [7, 11) is 2.05. The smallest absolute Gasteiger partial charge is 0.0987 e. The number of hydrogen-bond acceptors (Lipinski definition) is 4. The highest BCUT2D eigenvalue weighted by molar-refractivity contribution is 7.99. The molecule has 0 aliphatic carbocycles. The van der Waals surface area contributed by atoms with Crippen molar-refractivity contribution in [2.75, 3.05) is 13.2 Å². The predicted octanol–water partition coefficient (Wildman–Crippen LogP) is 2.50. The van der Waals surface area contributed by atoms with Crippen LogP contribution in [0.15, 0.2) is 5.03 Å². The van der Waals surface area contributed by atoms with Crippen LogP contribution in [0.5, 0.6) is 0 Å². The molecule has 2 heterocycles. The van der Waals surface area contributed by atoms with Gasteiger partial charge in [0.25, 0.3) is 0 Å². The van der Waals surface area contributed by atoms with E-state index in [2.05, 4.69) is 31.2 Å². The van der Waals surface area contributed by atoms with Crippen molar-refractivity contribution >= 4 is 11.8 Å². The fraction of sp³-hybridized carbons (Fsp3) is 0.786. The molecule has 1 N–H and O–H groups in total. The van der Waals surface area contributed by atoms with E-state index in [1.807, 2.05) is 23.5 Å². The Bertz CT molecular complexity index is 411. The number of hydrogen-bond donors (Lipinski definition) is 1. The van der Waals surface area contributed by atoms with Gasteiger partial charge >= 0.3 is 0 Å². The first-order valence-corrected chi connectivity index (χ1v) is 7.96. The van der Waals surface area contributed by atoms with Gasteiger partial charge in [-0.05, 0) is 19.8 Å². The van der Waals surface area contributed by atoms with Gasteiger partial charge in [-0.1, -0.05) is 13.8 Å². The first-order valence-electron chi connectivity index (χ1n) is 7.08. The quantitative estimate of drug-likeness (QED) is 0.901. The highest BCUT2D eigenvalue weighted by atomic mass is 32.2. The second kappa shape index (κ2) is 6.77. The van der Waals surface area contributed by atoms with Gasteiger partial charge in [-0.25, -0.2) is 0 Å². The lowest BCUT2D eigenvalue weighted by atomic mass is 10.2. The van der Waals surface area contributed by atoms with Gasteiger partial charge in [-0.2, -0.15) is 5.10 Å². The van der Waals surface area contributed by atoms with Gasteiger partial charge in [0.1, 0.15) is 0 Å². The predicted molar refractivity (Wildman–Crippen MR) is 79.6 cm³/mol. The van der Waals surface area contributed by atoms with Crippen molar-refractivity contribution in [1.29, 1.82) is 0 Å². The lowest BCUT2D eigenvalue weighted by Gasteiger charge is -2.22. The Labute approximate surface area is 120 Å². The molecule has 1 aromatic rings. The number of rotatable bonds is 5. The Hall–Kier alpha value is -0.520. The second-order valence-electron chi connectivity index (χ2n) is 5.46. The molecule has 1 aliphatic heterocycles. The van der Waals surface area contributed by atoms with Crippen molar-refractivity contribution in [3.63, 3.8) is 0 Å². The first-order chi connectivity index (χ1) is 9.08. The zero-order chi connectivity index (χ0) is 13.8. The highest BCUT2D eigenvalue weighted by Crippen LogP contribution is 2.33. The Morgan fingerprint density at radius 1 is 1.42 bits per heavy atom. The minimum atomic E-state index is 0.500. The zero-order valence-electron chi connectivity index (χ0n) is 12.4. The van der Waals surface area contributed by atoms with E-state index >= 15 is 0 Å². The van der Waals surface area contributed by atoms with Crippen LogP contribution in [0.2, 0.25) is 0 Å². The lowest BCUT2D eigenvalue weighted by molar-refractivity contribution is 0.1000. The number of nitrogens with zero attached hydrogens (tertiary/aromatic N) is 2. The average molecular weight is 283 g/mol. The van der Waals surface area contributed by atoms with E-state index in [1.54, 1.807) is 0 Å². The molecule has 2 rings (SSSR count). The zero-order valence-corrected chi connectivity index (χ0v) is 13.2. The molecule has 5 heteroatoms. The molecule has 1 aliphatic rings. The number of aromatic nitrogens is 2. The van der Waals surface area contributed by atoms with Crippen LogP contribution < -0.4 is 5.32 Å². The minimum Gasteiger partial charge on any atom is -0.381 e. The molecule has 108 valence electrons. The fourth-order valence-electron chi connectivity index (χ4n) is 2.29. The van der Waals surface area contributed by atoms with Crippen molar-refractivity contribution in [2.45, 2.75) is 56.5 Å². The van der Waals surface area contributed by atoms with Gasteiger partial charge in [0.2, 0.25) is 0 Å². The molecule has 0 unspecified atom stereocenters. The first kappa shape index (κ1) is 14.9. The highest BCUT2D eigenvalue weighted by Gasteiger charge is 2.20. The van der Waals surface area contributed by atoms with Crippen LogP contribution in [0, 0.1) is 6.92 Å². The molecular weight excluding hydrogens is 258 g/mol. The van der Waals surface area contributed by atoms with Crippen molar-refractivity contribution < 1.29 is 4.74 Å². The maximum atomic E-state index is 5.43. The molecule has 0 bridgehead atoms. The standard InChI is InChI=1S/C14H25N3OS/c1-10(2)15-9-13-11(3)16-17(4)14(13)19-12-5-7-18-8-6-12/h10,12,15H,5-9H2,1-4H3. The lowest BCUT2D eigenvalue weighted by Crippen LogP contribution is -2.23. The molecule has 19 heavy (non-hydrogen) atoms. The maximum Gasteiger partial charge on any atom is 0.0987 e. The topological polar surface area (TPSA) is 39.1 Å². The summed E-state index contributed by atoms with van der Waals surface area (Å²) in [6, 6.07) is 0.500. The largest absolute Gasteiger partial charge is 0.381 e. The summed E-state index contributed by atoms with van der Waals surface area (Å²) in [5, 5.41) is 10.1. The van der Waals surface area contributed by atoms with Crippen LogP contribution >= 0.6 is 11.8 Å². The number of aryl methyl sites for hydroxylation is 2. The molecule has 0 aromatic carbocycles. The molecule has 4 nitrogen and oxygen atoms in total. The Morgan fingerprint density at radius 2 is 2.11 bits per heavy atom. The molecule has 0 saturated carbocycles. The Balaban J connectivity index is 2.08. The van der Waals surface area contributed by atoms with E-state index in [9.17, 15) is 0 Å². The average Bonchev–Trinajstić information content (AvgIpc) is 2.63. The van der Waals surface area contributed by atoms with Crippen LogP contribution in [-0.4, -0.2) is 34.3 Å². The normalized spacial score (nSPS) is 17.3. The van der Waals surface area contributed by atoms with Gasteiger partial charge in [-0.3, -0.25) is 4.68 Å². The van der Waals surface area contributed by atoms with Gasteiger partial charge < -0.3 is 10.1 Å². The second-order valence-corrected chi connectivity index (χ2v) is 6.75. The van der Waals surface area contributed by atoms with Gasteiger partial charge in [0, 0.05) is 43.7 Å². The van der Waals surface area contributed by atoms with Gasteiger partial charge in [0.15, 0.2) is 0 Å². The summed E-state index contributed by atoms with van der Waals surface area (Å²) >= 11 is 1.97. The van der Waals surface area contributed by atoms with E-state index < -0.39 is 0 Å². The van der Waals surface area contributed by atoms with E-state index in [-0.39, 0.29) is 0 Å². The van der Waals surface area contributed by atoms with E-state index in [0.717, 1.165) is 38.3 Å². The van der Waals surface area contributed by atoms with Gasteiger partial charge in [0.05, 0.1) is 10.7 Å². The van der Waals surface area contributed by atoms with Crippen LogP contribution in [0.1, 0.15) is 37.9 Å². The van der Waals surface area contributed by atoms with Crippen LogP contribution in [0.25, 0.3) is 0 Å². The molecule has 0 spiro atoms. The molecule has 1 fully saturated rings. The minimum absolute atomic E-state index is 0.500. The van der Waals surface area contributed by atoms with E-state index in [0.29, 0.717) is 11.3 Å². The molecule has 0 atom stereocenters. The van der Waals surface area contributed by atoms with E-state index in [4.69, 9.17) is 4.74 Å². The summed E-state index contributed by atoms with van der Waals surface area (Å²) < 4.78 is 7.47. The van der Waals surface area contributed by atoms with Crippen LogP contribution in [-0.2, 0) is 18.3 Å². The van der Waals surface area contributed by atoms with Crippen molar-refractivity contribution in [3.05, 3.63) is 11.3 Å². The summed E-state index contributed by atoms with van der Waals surface area (Å²) in [5.41, 5.74) is 2.50. The SMILES string of the molecule is Cc1nn(C)c(SC2CCOCC2)c1CNC(C)C. The third-order valence-electron chi connectivity index (χ3n) is 3.42. The molecular formula is C14H25N3OS. The Kier molecular flexibility index (Phi) is 5.30. The molecule has 1 saturated heterocycles. The van der Waals surface area contributed by atoms with Crippen LogP contribution in [0.4, 0.5) is 0 Å². The molecule has 0 amide bonds. The number of nitrogens with one attached hydrogen (secondary N) is 1. The van der Waals surface area contributed by atoms with E-state index in [1.165, 1.54) is 10.6 Å². The fourth-order valence-corrected chi connectivity index (χ4v) is 3.59. The third-order valence-corrected chi connectivity index (χ3v) is 4.96. The van der Waals surface area contributed by atoms with Crippen molar-refractivity contribution in [3.8, 4) is 0 Å². The summed E-state index contributed by atoms with van der Waals surface area (Å²) in [5.74, 6) is 0. The number of thioether (sulfide) groups is 1. The van der Waals surface area contributed by atoms with Crippen molar-refractivity contribution in [2.24, 2.45) is 7.05 Å². The van der Waals surface area contributed by atoms with Crippen LogP contribution in [0.3, 0.4) is 0 Å². The Morgan fingerprint density at radius 3 is 2.74 bits per heavy atom.